The Morgan fingerprint density at radius 2 is 1.44 bits per heavy atom. The molecule has 0 bridgehead atoms. The molecule has 0 radical (unpaired) electrons. The molecular formula is C26H23ClN4O3. The third-order valence-corrected chi connectivity index (χ3v) is 6.49. The highest BCUT2D eigenvalue weighted by atomic mass is 35.5. The number of ketones is 2. The van der Waals surface area contributed by atoms with Crippen LogP contribution in [0.2, 0.25) is 0 Å². The van der Waals surface area contributed by atoms with Crippen LogP contribution in [0.25, 0.3) is 0 Å². The number of hydrogen-bond donors (Lipinski definition) is 1. The maximum atomic E-state index is 12.9. The van der Waals surface area contributed by atoms with E-state index in [1.807, 2.05) is 36.4 Å². The molecule has 1 fully saturated rings. The average molecular weight is 475 g/mol. The van der Waals surface area contributed by atoms with E-state index in [2.05, 4.69) is 32.2 Å². The summed E-state index contributed by atoms with van der Waals surface area (Å²) in [5, 5.41) is 2.89. The van der Waals surface area contributed by atoms with Crippen LogP contribution < -0.4 is 19.9 Å². The molecule has 0 spiro atoms. The average Bonchev–Trinajstić information content (AvgIpc) is 2.90. The van der Waals surface area contributed by atoms with Crippen LogP contribution in [0.5, 0.6) is 5.75 Å². The number of pyridine rings is 1. The van der Waals surface area contributed by atoms with E-state index in [1.165, 1.54) is 11.9 Å². The standard InChI is InChI=1S/C26H23ClN4O3/c1-34-20-10-8-19(9-11-20)31-15-13-30(14-16-31)18-6-4-17(5-7-18)29-24-22(27)26(33)23-21(25(24)32)3-2-12-28-23/h2-12,29H,13-16H2,1H3. The number of nitrogens with one attached hydrogen (secondary N) is 1. The molecule has 2 aliphatic rings. The van der Waals surface area contributed by atoms with Crippen LogP contribution in [0.1, 0.15) is 20.8 Å². The predicted molar refractivity (Wildman–Crippen MR) is 133 cm³/mol. The molecule has 1 aliphatic carbocycles. The van der Waals surface area contributed by atoms with E-state index in [9.17, 15) is 9.59 Å². The van der Waals surface area contributed by atoms with Crippen LogP contribution in [0, 0.1) is 0 Å². The van der Waals surface area contributed by atoms with Gasteiger partial charge in [-0.15, -0.1) is 0 Å². The van der Waals surface area contributed by atoms with E-state index < -0.39 is 5.78 Å². The van der Waals surface area contributed by atoms with Gasteiger partial charge < -0.3 is 19.9 Å². The summed E-state index contributed by atoms with van der Waals surface area (Å²) in [6.07, 6.45) is 1.47. The van der Waals surface area contributed by atoms with Gasteiger partial charge in [0.25, 0.3) is 0 Å². The fourth-order valence-corrected chi connectivity index (χ4v) is 4.47. The molecule has 7 nitrogen and oxygen atoms in total. The number of benzene rings is 2. The second-order valence-electron chi connectivity index (χ2n) is 8.09. The van der Waals surface area contributed by atoms with Gasteiger partial charge in [-0.2, -0.15) is 0 Å². The van der Waals surface area contributed by atoms with Crippen LogP contribution in [-0.4, -0.2) is 49.8 Å². The van der Waals surface area contributed by atoms with Gasteiger partial charge in [0.05, 0.1) is 12.7 Å². The van der Waals surface area contributed by atoms with Crippen molar-refractivity contribution in [3.8, 4) is 5.75 Å². The molecule has 2 aromatic carbocycles. The van der Waals surface area contributed by atoms with E-state index in [0.717, 1.165) is 37.6 Å². The maximum Gasteiger partial charge on any atom is 0.225 e. The summed E-state index contributed by atoms with van der Waals surface area (Å²) < 4.78 is 5.24. The van der Waals surface area contributed by atoms with Crippen LogP contribution in [0.4, 0.5) is 17.1 Å². The lowest BCUT2D eigenvalue weighted by molar-refractivity contribution is 0.0978. The first kappa shape index (κ1) is 22.0. The quantitative estimate of drug-likeness (QED) is 0.589. The van der Waals surface area contributed by atoms with Crippen molar-refractivity contribution in [3.05, 3.63) is 88.8 Å². The molecule has 1 N–H and O–H groups in total. The first-order valence-corrected chi connectivity index (χ1v) is 11.4. The largest absolute Gasteiger partial charge is 0.497 e. The first-order valence-electron chi connectivity index (χ1n) is 11.0. The van der Waals surface area contributed by atoms with E-state index in [-0.39, 0.29) is 27.8 Å². The monoisotopic (exact) mass is 474 g/mol. The van der Waals surface area contributed by atoms with Crippen LogP contribution in [-0.2, 0) is 0 Å². The molecule has 0 unspecified atom stereocenters. The van der Waals surface area contributed by atoms with Crippen molar-refractivity contribution < 1.29 is 14.3 Å². The summed E-state index contributed by atoms with van der Waals surface area (Å²) in [5.41, 5.74) is 3.39. The fraction of sp³-hybridized carbons (Fsp3) is 0.192. The number of nitrogens with zero attached hydrogens (tertiary/aromatic N) is 3. The number of piperazine rings is 1. The molecule has 5 rings (SSSR count). The smallest absolute Gasteiger partial charge is 0.225 e. The SMILES string of the molecule is COc1ccc(N2CCN(c3ccc(NC4=C(Cl)C(=O)c5ncccc5C4=O)cc3)CC2)cc1. The summed E-state index contributed by atoms with van der Waals surface area (Å²) in [4.78, 5) is 34.1. The number of Topliss-reactive ketones (excluding diaryl/α,β-unsaturated/α-hetero) is 2. The number of halogens is 1. The summed E-state index contributed by atoms with van der Waals surface area (Å²) in [7, 11) is 1.67. The van der Waals surface area contributed by atoms with Gasteiger partial charge in [0.2, 0.25) is 11.6 Å². The Balaban J connectivity index is 1.24. The van der Waals surface area contributed by atoms with Crippen molar-refractivity contribution in [2.24, 2.45) is 0 Å². The van der Waals surface area contributed by atoms with Gasteiger partial charge in [0, 0.05) is 49.4 Å². The fourth-order valence-electron chi connectivity index (χ4n) is 4.25. The lowest BCUT2D eigenvalue weighted by Crippen LogP contribution is -2.46. The Kier molecular flexibility index (Phi) is 5.94. The van der Waals surface area contributed by atoms with E-state index in [0.29, 0.717) is 5.69 Å². The van der Waals surface area contributed by atoms with Gasteiger partial charge in [0.15, 0.2) is 0 Å². The lowest BCUT2D eigenvalue weighted by Gasteiger charge is -2.37. The number of carbonyl (C=O) groups is 2. The van der Waals surface area contributed by atoms with Crippen molar-refractivity contribution in [3.63, 3.8) is 0 Å². The Labute approximate surface area is 202 Å². The third-order valence-electron chi connectivity index (χ3n) is 6.13. The molecule has 8 heteroatoms. The molecule has 34 heavy (non-hydrogen) atoms. The van der Waals surface area contributed by atoms with Crippen molar-refractivity contribution in [2.45, 2.75) is 0 Å². The molecule has 0 amide bonds. The number of ether oxygens (including phenoxy) is 1. The molecule has 2 heterocycles. The van der Waals surface area contributed by atoms with Gasteiger partial charge in [-0.25, -0.2) is 0 Å². The Morgan fingerprint density at radius 1 is 0.853 bits per heavy atom. The summed E-state index contributed by atoms with van der Waals surface area (Å²) in [6, 6.07) is 19.1. The van der Waals surface area contributed by atoms with Gasteiger partial charge in [-0.05, 0) is 60.7 Å². The highest BCUT2D eigenvalue weighted by Crippen LogP contribution is 2.29. The Hall–Kier alpha value is -3.84. The van der Waals surface area contributed by atoms with E-state index in [4.69, 9.17) is 16.3 Å². The van der Waals surface area contributed by atoms with Crippen LogP contribution in [0.3, 0.4) is 0 Å². The summed E-state index contributed by atoms with van der Waals surface area (Å²) >= 11 is 6.23. The minimum atomic E-state index is -0.453. The number of aromatic nitrogens is 1. The zero-order valence-electron chi connectivity index (χ0n) is 18.6. The van der Waals surface area contributed by atoms with Crippen molar-refractivity contribution >= 4 is 40.2 Å². The number of rotatable bonds is 5. The van der Waals surface area contributed by atoms with Gasteiger partial charge in [0.1, 0.15) is 22.2 Å². The second-order valence-corrected chi connectivity index (χ2v) is 8.47. The summed E-state index contributed by atoms with van der Waals surface area (Å²) in [6.45, 7) is 3.62. The highest BCUT2D eigenvalue weighted by molar-refractivity contribution is 6.50. The number of anilines is 3. The third kappa shape index (κ3) is 4.10. The number of methoxy groups -OCH3 is 1. The Bertz CT molecular complexity index is 1260. The molecule has 172 valence electrons. The first-order chi connectivity index (χ1) is 16.5. The molecule has 0 saturated carbocycles. The van der Waals surface area contributed by atoms with E-state index >= 15 is 0 Å². The molecule has 1 aliphatic heterocycles. The number of fused-ring (bicyclic) bond motifs is 1. The number of allylic oxidation sites excluding steroid dienone is 2. The minimum absolute atomic E-state index is 0.0769. The van der Waals surface area contributed by atoms with Crippen LogP contribution >= 0.6 is 11.6 Å². The van der Waals surface area contributed by atoms with Gasteiger partial charge in [-0.1, -0.05) is 11.6 Å². The molecule has 1 aromatic heterocycles. The normalized spacial score (nSPS) is 15.9. The molecular weight excluding hydrogens is 452 g/mol. The van der Waals surface area contributed by atoms with Crippen molar-refractivity contribution in [1.82, 2.24) is 4.98 Å². The molecule has 3 aromatic rings. The Morgan fingerprint density at radius 3 is 2.03 bits per heavy atom. The minimum Gasteiger partial charge on any atom is -0.497 e. The predicted octanol–water partition coefficient (Wildman–Crippen LogP) is 4.36. The second kappa shape index (κ2) is 9.19. The molecule has 1 saturated heterocycles. The lowest BCUT2D eigenvalue weighted by atomic mass is 9.97. The van der Waals surface area contributed by atoms with Gasteiger partial charge in [-0.3, -0.25) is 14.6 Å². The van der Waals surface area contributed by atoms with Gasteiger partial charge >= 0.3 is 0 Å². The highest BCUT2D eigenvalue weighted by Gasteiger charge is 2.32. The topological polar surface area (TPSA) is 74.8 Å². The van der Waals surface area contributed by atoms with Crippen LogP contribution in [0.15, 0.2) is 77.6 Å². The molecule has 0 atom stereocenters. The van der Waals surface area contributed by atoms with Crippen molar-refractivity contribution in [2.75, 3.05) is 48.4 Å². The number of hydrogen-bond acceptors (Lipinski definition) is 7. The van der Waals surface area contributed by atoms with E-state index in [1.54, 1.807) is 19.2 Å². The zero-order valence-corrected chi connectivity index (χ0v) is 19.4. The van der Waals surface area contributed by atoms with Crippen molar-refractivity contribution in [1.29, 1.82) is 0 Å². The zero-order chi connectivity index (χ0) is 23.7. The number of carbonyl (C=O) groups excluding carboxylic acids is 2. The summed E-state index contributed by atoms with van der Waals surface area (Å²) in [5.74, 6) is 0.0606. The maximum absolute atomic E-state index is 12.9.